The molecule has 1 aromatic carbocycles. The number of hydrogen-bond donors (Lipinski definition) is 2. The zero-order chi connectivity index (χ0) is 13.5. The van der Waals surface area contributed by atoms with Gasteiger partial charge in [-0.15, -0.1) is 0 Å². The number of anilines is 1. The second-order valence-electron chi connectivity index (χ2n) is 3.81. The number of amides is 1. The Hall–Kier alpha value is -1.95. The summed E-state index contributed by atoms with van der Waals surface area (Å²) >= 11 is 0. The minimum Gasteiger partial charge on any atom is -0.465 e. The first kappa shape index (κ1) is 14.1. The number of methoxy groups -OCH3 is 1. The van der Waals surface area contributed by atoms with E-state index in [1.165, 1.54) is 31.4 Å². The van der Waals surface area contributed by atoms with E-state index in [2.05, 4.69) is 10.1 Å². The second kappa shape index (κ2) is 6.70. The van der Waals surface area contributed by atoms with E-state index in [1.54, 1.807) is 12.2 Å². The maximum Gasteiger partial charge on any atom is 0.364 e. The van der Waals surface area contributed by atoms with E-state index < -0.39 is 6.04 Å². The zero-order valence-electron chi connectivity index (χ0n) is 10.3. The third kappa shape index (κ3) is 4.50. The van der Waals surface area contributed by atoms with Gasteiger partial charge in [0.1, 0.15) is 5.82 Å². The molecule has 0 aliphatic carbocycles. The van der Waals surface area contributed by atoms with Crippen molar-refractivity contribution >= 4 is 17.6 Å². The lowest BCUT2D eigenvalue weighted by Gasteiger charge is -2.08. The van der Waals surface area contributed by atoms with Crippen molar-refractivity contribution in [2.75, 3.05) is 19.0 Å². The van der Waals surface area contributed by atoms with Gasteiger partial charge in [0, 0.05) is 5.69 Å². The fourth-order valence-electron chi connectivity index (χ4n) is 1.31. The van der Waals surface area contributed by atoms with E-state index in [4.69, 9.17) is 0 Å². The number of carbonyl (C=O) groups excluding carboxylic acids is 2. The molecule has 18 heavy (non-hydrogen) atoms. The van der Waals surface area contributed by atoms with Gasteiger partial charge in [0.25, 0.3) is 5.91 Å². The topological polar surface area (TPSA) is 72.0 Å². The van der Waals surface area contributed by atoms with Crippen LogP contribution < -0.4 is 10.6 Å². The summed E-state index contributed by atoms with van der Waals surface area (Å²) in [7, 11) is 1.30. The van der Waals surface area contributed by atoms with Crippen molar-refractivity contribution in [3.63, 3.8) is 0 Å². The average Bonchev–Trinajstić information content (AvgIpc) is 2.37. The zero-order valence-corrected chi connectivity index (χ0v) is 10.3. The molecule has 0 spiro atoms. The number of nitrogens with one attached hydrogen (secondary N) is 1. The average molecular weight is 255 g/mol. The highest BCUT2D eigenvalue weighted by Gasteiger charge is 2.17. The molecule has 0 bridgehead atoms. The molecule has 0 saturated carbocycles. The van der Waals surface area contributed by atoms with Crippen LogP contribution in [0.3, 0.4) is 0 Å². The molecule has 1 amide bonds. The van der Waals surface area contributed by atoms with Crippen molar-refractivity contribution in [2.45, 2.75) is 13.0 Å². The first-order valence-corrected chi connectivity index (χ1v) is 5.49. The molecule has 0 radical (unpaired) electrons. The maximum absolute atomic E-state index is 12.6. The Morgan fingerprint density at radius 3 is 2.56 bits per heavy atom. The molecule has 3 N–H and O–H groups in total. The highest BCUT2D eigenvalue weighted by atomic mass is 19.1. The van der Waals surface area contributed by atoms with Crippen LogP contribution in [0.2, 0.25) is 0 Å². The monoisotopic (exact) mass is 255 g/mol. The first-order valence-electron chi connectivity index (χ1n) is 5.49. The van der Waals surface area contributed by atoms with Gasteiger partial charge >= 0.3 is 5.97 Å². The number of nitrogens with two attached hydrogens (primary N) is 1. The lowest BCUT2D eigenvalue weighted by atomic mass is 10.3. The molecule has 1 aromatic rings. The van der Waals surface area contributed by atoms with Gasteiger partial charge in [-0.1, -0.05) is 0 Å². The smallest absolute Gasteiger partial charge is 0.364 e. The summed E-state index contributed by atoms with van der Waals surface area (Å²) in [6, 6.07) is 5.02. The number of hydrogen-bond acceptors (Lipinski definition) is 3. The van der Waals surface area contributed by atoms with Gasteiger partial charge < -0.3 is 15.4 Å². The van der Waals surface area contributed by atoms with E-state index in [9.17, 15) is 14.0 Å². The quantitative estimate of drug-likeness (QED) is 0.721. The van der Waals surface area contributed by atoms with Crippen LogP contribution in [0.25, 0.3) is 0 Å². The van der Waals surface area contributed by atoms with Crippen LogP contribution in [0.4, 0.5) is 10.1 Å². The van der Waals surface area contributed by atoms with Crippen LogP contribution in [0.5, 0.6) is 0 Å². The summed E-state index contributed by atoms with van der Waals surface area (Å²) in [5.74, 6) is -1.01. The number of quaternary nitrogens is 1. The highest BCUT2D eigenvalue weighted by Crippen LogP contribution is 2.07. The van der Waals surface area contributed by atoms with Gasteiger partial charge in [0.15, 0.2) is 12.6 Å². The maximum atomic E-state index is 12.6. The van der Waals surface area contributed by atoms with E-state index in [0.717, 1.165) is 0 Å². The number of esters is 1. The molecule has 0 saturated heterocycles. The van der Waals surface area contributed by atoms with Gasteiger partial charge in [-0.2, -0.15) is 0 Å². The van der Waals surface area contributed by atoms with Gasteiger partial charge in [0.2, 0.25) is 0 Å². The van der Waals surface area contributed by atoms with Crippen LogP contribution in [-0.2, 0) is 14.3 Å². The Morgan fingerprint density at radius 2 is 2.00 bits per heavy atom. The molecular weight excluding hydrogens is 239 g/mol. The predicted molar refractivity (Wildman–Crippen MR) is 63.3 cm³/mol. The van der Waals surface area contributed by atoms with Crippen LogP contribution in [0.1, 0.15) is 6.92 Å². The fourth-order valence-corrected chi connectivity index (χ4v) is 1.31. The Morgan fingerprint density at radius 1 is 1.39 bits per heavy atom. The van der Waals surface area contributed by atoms with Crippen molar-refractivity contribution < 1.29 is 24.0 Å². The van der Waals surface area contributed by atoms with E-state index in [1.807, 2.05) is 0 Å². The molecule has 0 aliphatic rings. The molecule has 1 rings (SSSR count). The van der Waals surface area contributed by atoms with Gasteiger partial charge in [0.05, 0.1) is 7.11 Å². The normalized spacial score (nSPS) is 11.7. The van der Waals surface area contributed by atoms with Crippen LogP contribution in [0.15, 0.2) is 24.3 Å². The Labute approximate surface area is 104 Å². The van der Waals surface area contributed by atoms with E-state index >= 15 is 0 Å². The molecule has 5 nitrogen and oxygen atoms in total. The third-order valence-corrected chi connectivity index (χ3v) is 2.36. The van der Waals surface area contributed by atoms with Crippen molar-refractivity contribution in [1.29, 1.82) is 0 Å². The lowest BCUT2D eigenvalue weighted by Crippen LogP contribution is -2.92. The van der Waals surface area contributed by atoms with Crippen LogP contribution in [0, 0.1) is 5.82 Å². The number of rotatable bonds is 5. The molecule has 0 aliphatic heterocycles. The van der Waals surface area contributed by atoms with Crippen LogP contribution >= 0.6 is 0 Å². The van der Waals surface area contributed by atoms with Crippen LogP contribution in [-0.4, -0.2) is 31.6 Å². The highest BCUT2D eigenvalue weighted by molar-refractivity contribution is 5.91. The largest absolute Gasteiger partial charge is 0.465 e. The van der Waals surface area contributed by atoms with Gasteiger partial charge in [-0.05, 0) is 31.2 Å². The predicted octanol–water partition coefficient (Wildman–Crippen LogP) is -0.111. The number of benzene rings is 1. The number of halogens is 1. The molecular formula is C12H16FN2O3+. The summed E-state index contributed by atoms with van der Waals surface area (Å²) in [6.45, 7) is 1.74. The molecule has 0 unspecified atom stereocenters. The fraction of sp³-hybridized carbons (Fsp3) is 0.333. The van der Waals surface area contributed by atoms with Crippen molar-refractivity contribution in [3.8, 4) is 0 Å². The molecule has 0 heterocycles. The first-order chi connectivity index (χ1) is 8.52. The van der Waals surface area contributed by atoms with E-state index in [-0.39, 0.29) is 24.2 Å². The Balaban J connectivity index is 2.38. The Kier molecular flexibility index (Phi) is 5.26. The standard InChI is InChI=1S/C12H15FN2O3/c1-8(12(17)18-2)14-7-11(16)15-10-5-3-9(13)4-6-10/h3-6,8,14H,7H2,1-2H3,(H,15,16)/p+1/t8-/m0/s1. The Bertz CT molecular complexity index is 420. The molecule has 98 valence electrons. The van der Waals surface area contributed by atoms with Gasteiger partial charge in [-0.3, -0.25) is 4.79 Å². The third-order valence-electron chi connectivity index (χ3n) is 2.36. The summed E-state index contributed by atoms with van der Waals surface area (Å²) in [6.07, 6.45) is 0. The van der Waals surface area contributed by atoms with Crippen molar-refractivity contribution in [1.82, 2.24) is 0 Å². The number of carbonyl (C=O) groups is 2. The number of ether oxygens (including phenoxy) is 1. The summed E-state index contributed by atoms with van der Waals surface area (Å²) in [5.41, 5.74) is 0.514. The second-order valence-corrected chi connectivity index (χ2v) is 3.81. The van der Waals surface area contributed by atoms with Gasteiger partial charge in [-0.25, -0.2) is 9.18 Å². The lowest BCUT2D eigenvalue weighted by molar-refractivity contribution is -0.664. The summed E-state index contributed by atoms with van der Waals surface area (Å²) in [4.78, 5) is 22.6. The molecule has 0 aromatic heterocycles. The molecule has 0 fully saturated rings. The summed E-state index contributed by atoms with van der Waals surface area (Å²) in [5, 5.41) is 4.15. The minimum absolute atomic E-state index is 0.0909. The molecule has 6 heteroatoms. The molecule has 1 atom stereocenters. The summed E-state index contributed by atoms with van der Waals surface area (Å²) < 4.78 is 17.2. The SMILES string of the molecule is COC(=O)[C@H](C)[NH2+]CC(=O)Nc1ccc(F)cc1. The van der Waals surface area contributed by atoms with E-state index in [0.29, 0.717) is 5.69 Å². The minimum atomic E-state index is -0.436. The van der Waals surface area contributed by atoms with Crippen molar-refractivity contribution in [2.24, 2.45) is 0 Å². The van der Waals surface area contributed by atoms with Crippen molar-refractivity contribution in [3.05, 3.63) is 30.1 Å².